The molecule has 154 valence electrons. The maximum atomic E-state index is 6.03. The summed E-state index contributed by atoms with van der Waals surface area (Å²) in [6.07, 6.45) is 24.9. The van der Waals surface area contributed by atoms with Gasteiger partial charge in [-0.2, -0.15) is 0 Å². The van der Waals surface area contributed by atoms with Crippen molar-refractivity contribution in [2.75, 3.05) is 13.2 Å². The van der Waals surface area contributed by atoms with E-state index < -0.39 is 0 Å². The molecule has 0 rings (SSSR count). The van der Waals surface area contributed by atoms with Crippen molar-refractivity contribution in [2.45, 2.75) is 116 Å². The Hall–Kier alpha value is -0.600. The topological polar surface area (TPSA) is 18.5 Å². The van der Waals surface area contributed by atoms with Crippen molar-refractivity contribution in [1.82, 2.24) is 0 Å². The Balaban J connectivity index is 3.76. The lowest BCUT2D eigenvalue weighted by molar-refractivity contribution is -0.148. The molecule has 26 heavy (non-hydrogen) atoms. The minimum Gasteiger partial charge on any atom is -0.353 e. The van der Waals surface area contributed by atoms with Crippen molar-refractivity contribution in [3.8, 4) is 0 Å². The monoisotopic (exact) mass is 366 g/mol. The van der Waals surface area contributed by atoms with E-state index in [4.69, 9.17) is 9.47 Å². The van der Waals surface area contributed by atoms with E-state index in [-0.39, 0.29) is 6.29 Å². The highest BCUT2D eigenvalue weighted by Crippen LogP contribution is 2.13. The van der Waals surface area contributed by atoms with Crippen molar-refractivity contribution in [3.05, 3.63) is 24.8 Å². The molecule has 2 heteroatoms. The molecule has 0 heterocycles. The highest BCUT2D eigenvalue weighted by atomic mass is 16.7. The minimum atomic E-state index is 0.0220. The smallest absolute Gasteiger partial charge is 0.157 e. The fourth-order valence-corrected chi connectivity index (χ4v) is 3.00. The third-order valence-corrected chi connectivity index (χ3v) is 4.69. The van der Waals surface area contributed by atoms with Crippen LogP contribution in [0.1, 0.15) is 110 Å². The zero-order valence-electron chi connectivity index (χ0n) is 17.9. The zero-order valence-corrected chi connectivity index (χ0v) is 17.9. The zero-order chi connectivity index (χ0) is 19.1. The Morgan fingerprint density at radius 1 is 0.692 bits per heavy atom. The van der Waals surface area contributed by atoms with Gasteiger partial charge in [-0.3, -0.25) is 0 Å². The highest BCUT2D eigenvalue weighted by Gasteiger charge is 2.09. The second kappa shape index (κ2) is 22.4. The summed E-state index contributed by atoms with van der Waals surface area (Å²) in [6, 6.07) is 0. The molecule has 0 N–H and O–H groups in total. The number of hydrogen-bond donors (Lipinski definition) is 0. The van der Waals surface area contributed by atoms with E-state index in [1.165, 1.54) is 89.9 Å². The van der Waals surface area contributed by atoms with E-state index in [2.05, 4.69) is 26.5 Å². The molecule has 0 aromatic carbocycles. The van der Waals surface area contributed by atoms with E-state index in [1.54, 1.807) is 0 Å². The molecule has 0 saturated heterocycles. The molecule has 0 bridgehead atoms. The lowest BCUT2D eigenvalue weighted by atomic mass is 10.1. The maximum Gasteiger partial charge on any atom is 0.157 e. The lowest BCUT2D eigenvalue weighted by Gasteiger charge is -2.19. The van der Waals surface area contributed by atoms with Crippen LogP contribution >= 0.6 is 0 Å². The summed E-state index contributed by atoms with van der Waals surface area (Å²) in [5.41, 5.74) is 0. The van der Waals surface area contributed by atoms with Gasteiger partial charge in [0.2, 0.25) is 0 Å². The second-order valence-corrected chi connectivity index (χ2v) is 7.30. The van der Waals surface area contributed by atoms with E-state index >= 15 is 0 Å². The van der Waals surface area contributed by atoms with Gasteiger partial charge in [0.15, 0.2) is 6.29 Å². The van der Waals surface area contributed by atoms with E-state index in [9.17, 15) is 0 Å². The number of rotatable bonds is 21. The average molecular weight is 367 g/mol. The molecule has 0 fully saturated rings. The van der Waals surface area contributed by atoms with Crippen LogP contribution in [0.2, 0.25) is 0 Å². The molecule has 0 saturated carbocycles. The molecule has 0 aliphatic rings. The normalized spacial score (nSPS) is 11.7. The molecule has 0 atom stereocenters. The van der Waals surface area contributed by atoms with Crippen LogP contribution in [0.25, 0.3) is 0 Å². The SMILES string of the molecule is C=C/C=C\CCCCCCCC(OCCCCCC)OCCCCCC. The van der Waals surface area contributed by atoms with Gasteiger partial charge in [-0.1, -0.05) is 96.4 Å². The summed E-state index contributed by atoms with van der Waals surface area (Å²) in [5.74, 6) is 0. The summed E-state index contributed by atoms with van der Waals surface area (Å²) in [5, 5.41) is 0. The molecular weight excluding hydrogens is 320 g/mol. The van der Waals surface area contributed by atoms with Crippen LogP contribution in [-0.2, 0) is 9.47 Å². The van der Waals surface area contributed by atoms with Crippen molar-refractivity contribution in [3.63, 3.8) is 0 Å². The fraction of sp³-hybridized carbons (Fsp3) is 0.833. The molecule has 0 spiro atoms. The first-order chi connectivity index (χ1) is 12.8. The van der Waals surface area contributed by atoms with Gasteiger partial charge in [0.05, 0.1) is 0 Å². The van der Waals surface area contributed by atoms with Crippen molar-refractivity contribution >= 4 is 0 Å². The first kappa shape index (κ1) is 25.4. The number of allylic oxidation sites excluding steroid dienone is 3. The predicted molar refractivity (Wildman–Crippen MR) is 116 cm³/mol. The van der Waals surface area contributed by atoms with Gasteiger partial charge in [-0.15, -0.1) is 0 Å². The second-order valence-electron chi connectivity index (χ2n) is 7.30. The van der Waals surface area contributed by atoms with Crippen LogP contribution < -0.4 is 0 Å². The van der Waals surface area contributed by atoms with E-state index in [0.29, 0.717) is 0 Å². The van der Waals surface area contributed by atoms with Crippen LogP contribution in [0, 0.1) is 0 Å². The Bertz CT molecular complexity index is 285. The summed E-state index contributed by atoms with van der Waals surface area (Å²) < 4.78 is 12.1. The van der Waals surface area contributed by atoms with E-state index in [1.807, 2.05) is 12.2 Å². The third-order valence-electron chi connectivity index (χ3n) is 4.69. The van der Waals surface area contributed by atoms with Crippen LogP contribution in [-0.4, -0.2) is 19.5 Å². The minimum absolute atomic E-state index is 0.0220. The van der Waals surface area contributed by atoms with Gasteiger partial charge in [0.1, 0.15) is 0 Å². The molecule has 0 amide bonds. The van der Waals surface area contributed by atoms with Crippen LogP contribution in [0.15, 0.2) is 24.8 Å². The number of hydrogen-bond acceptors (Lipinski definition) is 2. The molecular formula is C24H46O2. The summed E-state index contributed by atoms with van der Waals surface area (Å²) in [7, 11) is 0. The first-order valence-electron chi connectivity index (χ1n) is 11.4. The van der Waals surface area contributed by atoms with Gasteiger partial charge >= 0.3 is 0 Å². The van der Waals surface area contributed by atoms with Gasteiger partial charge in [-0.05, 0) is 38.5 Å². The molecule has 0 unspecified atom stereocenters. The molecule has 0 radical (unpaired) electrons. The number of unbranched alkanes of at least 4 members (excludes halogenated alkanes) is 11. The summed E-state index contributed by atoms with van der Waals surface area (Å²) >= 11 is 0. The van der Waals surface area contributed by atoms with Gasteiger partial charge in [-0.25, -0.2) is 0 Å². The Morgan fingerprint density at radius 2 is 1.23 bits per heavy atom. The maximum absolute atomic E-state index is 6.03. The van der Waals surface area contributed by atoms with Crippen LogP contribution in [0.5, 0.6) is 0 Å². The predicted octanol–water partition coefficient (Wildman–Crippen LogP) is 7.98. The molecule has 2 nitrogen and oxygen atoms in total. The Labute approximate surface area is 164 Å². The standard InChI is InChI=1S/C24H46O2/c1-4-7-10-13-14-15-16-17-18-21-24(25-22-19-11-8-5-2)26-23-20-12-9-6-3/h4,7,10,24H,1,5-6,8-9,11-23H2,2-3H3/b10-7-. The first-order valence-corrected chi connectivity index (χ1v) is 11.4. The van der Waals surface area contributed by atoms with Crippen molar-refractivity contribution in [2.24, 2.45) is 0 Å². The summed E-state index contributed by atoms with van der Waals surface area (Å²) in [4.78, 5) is 0. The molecule has 0 aromatic heterocycles. The quantitative estimate of drug-likeness (QED) is 0.116. The van der Waals surface area contributed by atoms with Gasteiger partial charge in [0, 0.05) is 13.2 Å². The Kier molecular flexibility index (Phi) is 21.9. The van der Waals surface area contributed by atoms with E-state index in [0.717, 1.165) is 19.6 Å². The molecule has 0 aliphatic heterocycles. The largest absolute Gasteiger partial charge is 0.353 e. The molecule has 0 aromatic rings. The lowest BCUT2D eigenvalue weighted by Crippen LogP contribution is -2.19. The van der Waals surface area contributed by atoms with Crippen LogP contribution in [0.4, 0.5) is 0 Å². The van der Waals surface area contributed by atoms with Crippen LogP contribution in [0.3, 0.4) is 0 Å². The fourth-order valence-electron chi connectivity index (χ4n) is 3.00. The summed E-state index contributed by atoms with van der Waals surface area (Å²) in [6.45, 7) is 9.91. The Morgan fingerprint density at radius 3 is 1.81 bits per heavy atom. The van der Waals surface area contributed by atoms with Gasteiger partial charge < -0.3 is 9.47 Å². The van der Waals surface area contributed by atoms with Gasteiger partial charge in [0.25, 0.3) is 0 Å². The number of ether oxygens (including phenoxy) is 2. The van der Waals surface area contributed by atoms with Crippen molar-refractivity contribution in [1.29, 1.82) is 0 Å². The average Bonchev–Trinajstić information content (AvgIpc) is 2.65. The highest BCUT2D eigenvalue weighted by molar-refractivity contribution is 4.96. The van der Waals surface area contributed by atoms with Crippen molar-refractivity contribution < 1.29 is 9.47 Å². The third kappa shape index (κ3) is 19.7. The molecule has 0 aliphatic carbocycles.